The summed E-state index contributed by atoms with van der Waals surface area (Å²) in [6, 6.07) is 32.6. The molecule has 0 amide bonds. The molecule has 0 saturated heterocycles. The molecule has 1 N–H and O–H groups in total. The Labute approximate surface area is 222 Å². The third kappa shape index (κ3) is 3.14. The molecule has 0 saturated carbocycles. The van der Waals surface area contributed by atoms with Gasteiger partial charge in [0.1, 0.15) is 16.1 Å². The molecule has 5 aromatic rings. The summed E-state index contributed by atoms with van der Waals surface area (Å²) in [7, 11) is -3.63. The molecule has 182 valence electrons. The van der Waals surface area contributed by atoms with Gasteiger partial charge in [-0.25, -0.2) is 0 Å². The van der Waals surface area contributed by atoms with E-state index in [9.17, 15) is 0 Å². The minimum Gasteiger partial charge on any atom is -0.355 e. The predicted molar refractivity (Wildman–Crippen MR) is 168 cm³/mol. The molecule has 2 heterocycles. The van der Waals surface area contributed by atoms with E-state index in [4.69, 9.17) is 0 Å². The van der Waals surface area contributed by atoms with Crippen molar-refractivity contribution in [1.29, 1.82) is 0 Å². The van der Waals surface area contributed by atoms with E-state index in [-0.39, 0.29) is 0 Å². The first-order valence-electron chi connectivity index (χ1n) is 13.4. The molecule has 0 radical (unpaired) electrons. The first-order valence-corrected chi connectivity index (χ1v) is 19.4. The number of aryl methyl sites for hydroxylation is 2. The Kier molecular flexibility index (Phi) is 4.65. The summed E-state index contributed by atoms with van der Waals surface area (Å²) >= 11 is 0. The number of rotatable bonds is 2. The van der Waals surface area contributed by atoms with Crippen molar-refractivity contribution in [3.05, 3.63) is 96.1 Å². The quantitative estimate of drug-likeness (QED) is 0.257. The van der Waals surface area contributed by atoms with Crippen molar-refractivity contribution in [3.8, 4) is 22.3 Å². The summed E-state index contributed by atoms with van der Waals surface area (Å²) < 4.78 is 0. The van der Waals surface area contributed by atoms with Crippen molar-refractivity contribution < 1.29 is 0 Å². The van der Waals surface area contributed by atoms with Crippen LogP contribution < -0.4 is 26.1 Å². The molecule has 1 nitrogen and oxygen atoms in total. The highest BCUT2D eigenvalue weighted by Gasteiger charge is 2.43. The summed E-state index contributed by atoms with van der Waals surface area (Å²) in [4.78, 5) is 0. The molecule has 0 unspecified atom stereocenters. The number of hydrogen-bond acceptors (Lipinski definition) is 1. The molecular formula is C34H33NSi2. The molecule has 2 aliphatic rings. The zero-order valence-corrected chi connectivity index (χ0v) is 24.6. The van der Waals surface area contributed by atoms with Gasteiger partial charge in [-0.3, -0.25) is 0 Å². The van der Waals surface area contributed by atoms with Crippen LogP contribution in [0.15, 0.2) is 84.9 Å². The Balaban J connectivity index is 1.39. The summed E-state index contributed by atoms with van der Waals surface area (Å²) in [5.74, 6) is 0. The zero-order valence-electron chi connectivity index (χ0n) is 22.6. The Hall–Kier alpha value is -3.41. The van der Waals surface area contributed by atoms with E-state index in [0.717, 1.165) is 0 Å². The normalized spacial score (nSPS) is 15.7. The molecule has 0 spiro atoms. The molecule has 0 atom stereocenters. The predicted octanol–water partition coefficient (Wildman–Crippen LogP) is 6.81. The lowest BCUT2D eigenvalue weighted by atomic mass is 9.96. The van der Waals surface area contributed by atoms with E-state index in [1.807, 2.05) is 0 Å². The van der Waals surface area contributed by atoms with Crippen LogP contribution in [0.4, 0.5) is 11.4 Å². The molecule has 3 heteroatoms. The number of hydrogen-bond donors (Lipinski definition) is 1. The maximum absolute atomic E-state index is 3.71. The smallest absolute Gasteiger partial charge is 0.113 e. The lowest BCUT2D eigenvalue weighted by molar-refractivity contribution is 1.37. The van der Waals surface area contributed by atoms with Crippen LogP contribution in [0.5, 0.6) is 0 Å². The first kappa shape index (κ1) is 22.8. The van der Waals surface area contributed by atoms with Crippen molar-refractivity contribution in [1.82, 2.24) is 0 Å². The van der Waals surface area contributed by atoms with Gasteiger partial charge in [-0.1, -0.05) is 98.5 Å². The van der Waals surface area contributed by atoms with Gasteiger partial charge < -0.3 is 5.32 Å². The monoisotopic (exact) mass is 511 g/mol. The Morgan fingerprint density at radius 3 is 2.08 bits per heavy atom. The summed E-state index contributed by atoms with van der Waals surface area (Å²) in [6.07, 6.45) is 0. The lowest BCUT2D eigenvalue weighted by Crippen LogP contribution is -2.51. The highest BCUT2D eigenvalue weighted by Crippen LogP contribution is 2.38. The van der Waals surface area contributed by atoms with Gasteiger partial charge in [-0.15, -0.1) is 0 Å². The van der Waals surface area contributed by atoms with Crippen molar-refractivity contribution in [3.63, 3.8) is 0 Å². The van der Waals surface area contributed by atoms with Crippen LogP contribution in [0.1, 0.15) is 11.1 Å². The van der Waals surface area contributed by atoms with Crippen LogP contribution in [-0.4, -0.2) is 16.1 Å². The average molecular weight is 512 g/mol. The van der Waals surface area contributed by atoms with E-state index < -0.39 is 16.1 Å². The van der Waals surface area contributed by atoms with Crippen LogP contribution in [0.2, 0.25) is 26.2 Å². The second-order valence-corrected chi connectivity index (χ2v) is 20.8. The molecule has 0 aromatic heterocycles. The fourth-order valence-electron chi connectivity index (χ4n) is 6.92. The fourth-order valence-corrected chi connectivity index (χ4v) is 13.1. The van der Waals surface area contributed by atoms with Gasteiger partial charge in [0.25, 0.3) is 0 Å². The van der Waals surface area contributed by atoms with E-state index in [1.165, 1.54) is 55.5 Å². The van der Waals surface area contributed by atoms with Gasteiger partial charge >= 0.3 is 0 Å². The topological polar surface area (TPSA) is 12.0 Å². The first-order chi connectivity index (χ1) is 17.7. The van der Waals surface area contributed by atoms with Crippen LogP contribution in [0, 0.1) is 13.8 Å². The highest BCUT2D eigenvalue weighted by atomic mass is 28.3. The van der Waals surface area contributed by atoms with Gasteiger partial charge in [-0.05, 0) is 91.4 Å². The summed E-state index contributed by atoms with van der Waals surface area (Å²) in [5, 5.41) is 12.8. The highest BCUT2D eigenvalue weighted by molar-refractivity contribution is 7.06. The number of anilines is 2. The minimum absolute atomic E-state index is 1.19. The molecular weight excluding hydrogens is 479 g/mol. The van der Waals surface area contributed by atoms with Gasteiger partial charge in [0.05, 0.1) is 0 Å². The molecule has 0 fully saturated rings. The molecule has 0 bridgehead atoms. The zero-order chi connectivity index (χ0) is 25.7. The van der Waals surface area contributed by atoms with E-state index >= 15 is 0 Å². The molecule has 7 rings (SSSR count). The van der Waals surface area contributed by atoms with Crippen molar-refractivity contribution >= 4 is 59.0 Å². The maximum atomic E-state index is 3.71. The number of fused-ring (bicyclic) bond motifs is 8. The Morgan fingerprint density at radius 1 is 0.568 bits per heavy atom. The molecule has 5 aromatic carbocycles. The Morgan fingerprint density at radius 2 is 1.27 bits per heavy atom. The largest absolute Gasteiger partial charge is 0.355 e. The van der Waals surface area contributed by atoms with E-state index in [2.05, 4.69) is 130 Å². The van der Waals surface area contributed by atoms with Crippen LogP contribution in [0.25, 0.3) is 33.0 Å². The van der Waals surface area contributed by atoms with Crippen LogP contribution in [-0.2, 0) is 0 Å². The van der Waals surface area contributed by atoms with Gasteiger partial charge in [-0.2, -0.15) is 0 Å². The van der Waals surface area contributed by atoms with E-state index in [1.54, 1.807) is 20.7 Å². The van der Waals surface area contributed by atoms with Crippen molar-refractivity contribution in [2.45, 2.75) is 40.0 Å². The van der Waals surface area contributed by atoms with E-state index in [0.29, 0.717) is 0 Å². The molecule has 37 heavy (non-hydrogen) atoms. The van der Waals surface area contributed by atoms with Gasteiger partial charge in [0.15, 0.2) is 0 Å². The second-order valence-electron chi connectivity index (χ2n) is 12.1. The summed E-state index contributed by atoms with van der Waals surface area (Å²) in [6.45, 7) is 14.5. The fraction of sp³-hybridized carbons (Fsp3) is 0.176. The second kappa shape index (κ2) is 7.56. The SMILES string of the molecule is Cc1ccc(Nc2ccc3c(c2)[Si](C)(C)c2cc4c(cc2-3)[Si](C)(C)c2ccc3ccccc3c2-4)c(C)c1. The average Bonchev–Trinajstić information content (AvgIpc) is 3.24. The Bertz CT molecular complexity index is 1780. The van der Waals surface area contributed by atoms with Crippen molar-refractivity contribution in [2.24, 2.45) is 0 Å². The summed E-state index contributed by atoms with van der Waals surface area (Å²) in [5.41, 5.74) is 10.9. The van der Waals surface area contributed by atoms with Gasteiger partial charge in [0, 0.05) is 11.4 Å². The maximum Gasteiger partial charge on any atom is 0.113 e. The third-order valence-electron chi connectivity index (χ3n) is 9.02. The number of benzene rings is 5. The molecule has 0 aliphatic carbocycles. The minimum atomic E-state index is -1.86. The standard InChI is InChI=1S/C34H33NSi2/c1-21-11-15-29(22(2)17-21)35-24-13-14-26-27-19-33-28(20-32(27)37(5,6)31(26)18-24)34-25-10-8-7-9-23(25)12-16-30(34)36(33,3)4/h7-20,35H,1-6H3. The van der Waals surface area contributed by atoms with Crippen LogP contribution in [0.3, 0.4) is 0 Å². The van der Waals surface area contributed by atoms with Gasteiger partial charge in [0.2, 0.25) is 0 Å². The van der Waals surface area contributed by atoms with Crippen LogP contribution >= 0.6 is 0 Å². The lowest BCUT2D eigenvalue weighted by Gasteiger charge is -2.22. The molecule has 2 aliphatic heterocycles. The number of nitrogens with one attached hydrogen (secondary N) is 1. The van der Waals surface area contributed by atoms with Crippen molar-refractivity contribution in [2.75, 3.05) is 5.32 Å². The third-order valence-corrected chi connectivity index (χ3v) is 16.1.